The Labute approximate surface area is 271 Å². The van der Waals surface area contributed by atoms with E-state index in [9.17, 15) is 14.7 Å². The van der Waals surface area contributed by atoms with Crippen LogP contribution < -0.4 is 0 Å². The van der Waals surface area contributed by atoms with Crippen molar-refractivity contribution >= 4 is 23.6 Å². The van der Waals surface area contributed by atoms with Crippen molar-refractivity contribution in [1.29, 1.82) is 0 Å². The molecular formula is C37H31N3O5S. The van der Waals surface area contributed by atoms with Crippen molar-refractivity contribution in [3.63, 3.8) is 0 Å². The molecule has 2 amide bonds. The Morgan fingerprint density at radius 1 is 0.739 bits per heavy atom. The monoisotopic (exact) mass is 629 g/mol. The van der Waals surface area contributed by atoms with Crippen molar-refractivity contribution in [2.75, 3.05) is 5.75 Å². The van der Waals surface area contributed by atoms with E-state index < -0.39 is 6.29 Å². The number of hydrogen-bond acceptors (Lipinski definition) is 8. The number of carbonyl (C=O) groups excluding carboxylic acids is 2. The number of fused-ring (bicyclic) bond motifs is 1. The Balaban J connectivity index is 1.12. The largest absolute Gasteiger partial charge is 0.392 e. The van der Waals surface area contributed by atoms with Gasteiger partial charge in [0.15, 0.2) is 11.4 Å². The van der Waals surface area contributed by atoms with Gasteiger partial charge in [0.25, 0.3) is 11.8 Å². The summed E-state index contributed by atoms with van der Waals surface area (Å²) in [6.07, 6.45) is 3.18. The van der Waals surface area contributed by atoms with Gasteiger partial charge in [0, 0.05) is 30.1 Å². The van der Waals surface area contributed by atoms with Gasteiger partial charge in [0.1, 0.15) is 0 Å². The second kappa shape index (κ2) is 13.4. The van der Waals surface area contributed by atoms with Gasteiger partial charge in [-0.2, -0.15) is 0 Å². The topological polar surface area (TPSA) is 102 Å². The second-order valence-electron chi connectivity index (χ2n) is 11.3. The van der Waals surface area contributed by atoms with Gasteiger partial charge in [0.05, 0.1) is 36.5 Å². The number of imide groups is 1. The van der Waals surface area contributed by atoms with Crippen LogP contribution in [0.5, 0.6) is 0 Å². The third-order valence-corrected chi connectivity index (χ3v) is 9.20. The minimum absolute atomic E-state index is 0.0137. The molecule has 2 aliphatic heterocycles. The van der Waals surface area contributed by atoms with Crippen LogP contribution >= 0.6 is 11.8 Å². The number of amides is 2. The van der Waals surface area contributed by atoms with E-state index in [2.05, 4.69) is 16.0 Å². The molecule has 230 valence electrons. The molecule has 9 heteroatoms. The first-order valence-electron chi connectivity index (χ1n) is 15.1. The molecule has 8 nitrogen and oxygen atoms in total. The Morgan fingerprint density at radius 2 is 1.43 bits per heavy atom. The summed E-state index contributed by atoms with van der Waals surface area (Å²) in [5, 5.41) is 10.2. The molecule has 4 aromatic carbocycles. The van der Waals surface area contributed by atoms with Crippen molar-refractivity contribution < 1.29 is 24.2 Å². The first-order chi connectivity index (χ1) is 22.6. The summed E-state index contributed by atoms with van der Waals surface area (Å²) in [6.45, 7) is 0.177. The van der Waals surface area contributed by atoms with E-state index in [4.69, 9.17) is 9.47 Å². The smallest absolute Gasteiger partial charge is 0.261 e. The van der Waals surface area contributed by atoms with E-state index in [1.165, 1.54) is 4.90 Å². The zero-order valence-electron chi connectivity index (χ0n) is 24.9. The lowest BCUT2D eigenvalue weighted by molar-refractivity contribution is -0.245. The fraction of sp³-hybridized carbons (Fsp3) is 0.189. The molecule has 0 aliphatic carbocycles. The van der Waals surface area contributed by atoms with Gasteiger partial charge in [-0.3, -0.25) is 14.5 Å². The van der Waals surface area contributed by atoms with Crippen LogP contribution in [0.4, 0.5) is 0 Å². The van der Waals surface area contributed by atoms with Crippen LogP contribution in [0.25, 0.3) is 11.1 Å². The molecule has 46 heavy (non-hydrogen) atoms. The third-order valence-electron chi connectivity index (χ3n) is 8.19. The number of thioether (sulfide) groups is 1. The zero-order valence-corrected chi connectivity index (χ0v) is 25.7. The van der Waals surface area contributed by atoms with Crippen molar-refractivity contribution in [2.45, 2.75) is 43.2 Å². The van der Waals surface area contributed by atoms with Crippen molar-refractivity contribution in [2.24, 2.45) is 0 Å². The summed E-state index contributed by atoms with van der Waals surface area (Å²) < 4.78 is 13.1. The normalized spacial score (nSPS) is 19.3. The molecule has 3 heterocycles. The molecule has 0 bridgehead atoms. The molecule has 0 spiro atoms. The maximum absolute atomic E-state index is 13.0. The number of aliphatic hydroxyl groups excluding tert-OH is 1. The van der Waals surface area contributed by atoms with Gasteiger partial charge in [-0.05, 0) is 58.1 Å². The molecule has 2 aliphatic rings. The fourth-order valence-corrected chi connectivity index (χ4v) is 6.65. The lowest BCUT2D eigenvalue weighted by atomic mass is 9.99. The highest BCUT2D eigenvalue weighted by atomic mass is 32.2. The summed E-state index contributed by atoms with van der Waals surface area (Å²) in [4.78, 5) is 35.9. The van der Waals surface area contributed by atoms with Gasteiger partial charge >= 0.3 is 0 Å². The fourth-order valence-electron chi connectivity index (χ4n) is 5.83. The molecule has 7 rings (SSSR count). The predicted molar refractivity (Wildman–Crippen MR) is 174 cm³/mol. The first-order valence-corrected chi connectivity index (χ1v) is 16.1. The number of hydrogen-bond donors (Lipinski definition) is 1. The maximum Gasteiger partial charge on any atom is 0.261 e. The number of carbonyl (C=O) groups is 2. The quantitative estimate of drug-likeness (QED) is 0.108. The van der Waals surface area contributed by atoms with Crippen LogP contribution in [-0.4, -0.2) is 43.6 Å². The number of nitrogens with zero attached hydrogens (tertiary/aromatic N) is 3. The molecule has 0 saturated carbocycles. The lowest BCUT2D eigenvalue weighted by Crippen LogP contribution is -2.31. The van der Waals surface area contributed by atoms with E-state index in [-0.39, 0.29) is 37.2 Å². The van der Waals surface area contributed by atoms with Gasteiger partial charge in [-0.25, -0.2) is 9.97 Å². The molecule has 1 fully saturated rings. The number of benzene rings is 4. The zero-order chi connectivity index (χ0) is 31.5. The average Bonchev–Trinajstić information content (AvgIpc) is 3.36. The van der Waals surface area contributed by atoms with Crippen LogP contribution in [0.15, 0.2) is 121 Å². The van der Waals surface area contributed by atoms with Crippen molar-refractivity contribution in [1.82, 2.24) is 14.9 Å². The Morgan fingerprint density at radius 3 is 2.15 bits per heavy atom. The van der Waals surface area contributed by atoms with Gasteiger partial charge in [0.2, 0.25) is 0 Å². The number of rotatable bonds is 9. The Bertz CT molecular complexity index is 1830. The second-order valence-corrected chi connectivity index (χ2v) is 12.2. The Hall–Kier alpha value is -4.67. The summed E-state index contributed by atoms with van der Waals surface area (Å²) in [5.74, 6) is 0.118. The van der Waals surface area contributed by atoms with Crippen LogP contribution in [0.3, 0.4) is 0 Å². The van der Waals surface area contributed by atoms with E-state index in [1.807, 2.05) is 66.7 Å². The summed E-state index contributed by atoms with van der Waals surface area (Å²) >= 11 is 1.55. The van der Waals surface area contributed by atoms with E-state index >= 15 is 0 Å². The number of ether oxygens (including phenoxy) is 2. The predicted octanol–water partition coefficient (Wildman–Crippen LogP) is 6.77. The number of aromatic nitrogens is 2. The van der Waals surface area contributed by atoms with E-state index in [0.717, 1.165) is 33.4 Å². The van der Waals surface area contributed by atoms with E-state index in [1.54, 1.807) is 54.5 Å². The van der Waals surface area contributed by atoms with Crippen molar-refractivity contribution in [3.8, 4) is 11.1 Å². The number of aliphatic hydroxyl groups is 1. The minimum Gasteiger partial charge on any atom is -0.392 e. The van der Waals surface area contributed by atoms with Crippen molar-refractivity contribution in [3.05, 3.63) is 149 Å². The summed E-state index contributed by atoms with van der Waals surface area (Å²) in [7, 11) is 0. The lowest BCUT2D eigenvalue weighted by Gasteiger charge is -2.36. The molecule has 1 saturated heterocycles. The molecule has 3 atom stereocenters. The van der Waals surface area contributed by atoms with Gasteiger partial charge in [-0.1, -0.05) is 84.6 Å². The first kappa shape index (κ1) is 30.0. The van der Waals surface area contributed by atoms with Crippen LogP contribution in [0, 0.1) is 0 Å². The highest BCUT2D eigenvalue weighted by Crippen LogP contribution is 2.40. The third kappa shape index (κ3) is 6.36. The van der Waals surface area contributed by atoms with Crippen LogP contribution in [0.1, 0.15) is 61.8 Å². The summed E-state index contributed by atoms with van der Waals surface area (Å²) in [6, 6.07) is 32.5. The van der Waals surface area contributed by atoms with Gasteiger partial charge < -0.3 is 14.6 Å². The highest BCUT2D eigenvalue weighted by Gasteiger charge is 2.35. The average molecular weight is 630 g/mol. The van der Waals surface area contributed by atoms with Crippen LogP contribution in [-0.2, 0) is 22.6 Å². The Kier molecular flexibility index (Phi) is 8.72. The van der Waals surface area contributed by atoms with Crippen LogP contribution in [0.2, 0.25) is 0 Å². The van der Waals surface area contributed by atoms with E-state index in [0.29, 0.717) is 28.5 Å². The SMILES string of the molecule is O=C1c2ccccc2C(=O)N1Cc1cccc(-c2cccc(C3OC(CSc4ncccn4)CC(c4ccc(CO)cc4)O3)c2)c1. The molecular weight excluding hydrogens is 598 g/mol. The molecule has 1 aromatic heterocycles. The summed E-state index contributed by atoms with van der Waals surface area (Å²) in [5.41, 5.74) is 6.41. The molecule has 1 N–H and O–H groups in total. The van der Waals surface area contributed by atoms with Gasteiger partial charge in [-0.15, -0.1) is 0 Å². The molecule has 5 aromatic rings. The standard InChI is InChI=1S/C37H31N3O5S/c41-22-24-12-14-26(15-13-24)33-20-30(23-46-37-38-16-5-17-39-37)44-36(45-33)29-9-4-8-28(19-29)27-7-3-6-25(18-27)21-40-34(42)31-10-1-2-11-32(31)35(40)43/h1-19,30,33,36,41H,20-23H2. The highest BCUT2D eigenvalue weighted by molar-refractivity contribution is 7.99. The molecule has 0 radical (unpaired) electrons. The molecule has 3 unspecified atom stereocenters. The minimum atomic E-state index is -0.611. The maximum atomic E-state index is 13.0.